The molecule has 10 heteroatoms. The number of aryl methyl sites for hydroxylation is 1. The zero-order valence-corrected chi connectivity index (χ0v) is 20.9. The van der Waals surface area contributed by atoms with Gasteiger partial charge in [-0.25, -0.2) is 4.98 Å². The Labute approximate surface area is 215 Å². The van der Waals surface area contributed by atoms with Crippen LogP contribution < -0.4 is 9.80 Å². The van der Waals surface area contributed by atoms with Gasteiger partial charge in [0.25, 0.3) is 0 Å². The lowest BCUT2D eigenvalue weighted by molar-refractivity contribution is -0.136. The Kier molecular flexibility index (Phi) is 5.60. The molecule has 0 unspecified atom stereocenters. The van der Waals surface area contributed by atoms with Crippen molar-refractivity contribution in [3.05, 3.63) is 42.1 Å². The van der Waals surface area contributed by atoms with Crippen LogP contribution in [0.15, 0.2) is 31.0 Å². The summed E-state index contributed by atoms with van der Waals surface area (Å²) in [7, 11) is 0. The Morgan fingerprint density at radius 1 is 1.32 bits per heavy atom. The van der Waals surface area contributed by atoms with E-state index in [1.807, 2.05) is 24.0 Å². The van der Waals surface area contributed by atoms with Gasteiger partial charge in [-0.2, -0.15) is 15.3 Å². The van der Waals surface area contributed by atoms with Crippen molar-refractivity contribution in [3.8, 4) is 17.3 Å². The number of nitrogens with one attached hydrogen (secondary N) is 1. The largest absolute Gasteiger partial charge is 0.394 e. The van der Waals surface area contributed by atoms with Gasteiger partial charge in [0, 0.05) is 49.1 Å². The molecule has 0 saturated carbocycles. The zero-order valence-electron chi connectivity index (χ0n) is 20.9. The van der Waals surface area contributed by atoms with Crippen molar-refractivity contribution in [3.63, 3.8) is 0 Å². The molecule has 2 aromatic heterocycles. The molecule has 0 bridgehead atoms. The van der Waals surface area contributed by atoms with Crippen LogP contribution in [0.1, 0.15) is 30.4 Å². The first-order chi connectivity index (χ1) is 18.0. The maximum Gasteiger partial charge on any atom is 0.245 e. The molecule has 1 aromatic carbocycles. The molecule has 5 heterocycles. The molecule has 1 atom stereocenters. The minimum absolute atomic E-state index is 0.00155. The fourth-order valence-corrected chi connectivity index (χ4v) is 6.23. The van der Waals surface area contributed by atoms with Crippen LogP contribution in [0.2, 0.25) is 0 Å². The van der Waals surface area contributed by atoms with Crippen molar-refractivity contribution >= 4 is 28.6 Å². The molecule has 3 fully saturated rings. The number of nitrogens with zero attached hydrogens (tertiary/aromatic N) is 7. The number of aliphatic hydroxyl groups is 1. The third-order valence-electron chi connectivity index (χ3n) is 8.18. The second kappa shape index (κ2) is 8.85. The minimum atomic E-state index is -0.0468. The summed E-state index contributed by atoms with van der Waals surface area (Å²) in [5, 5.41) is 28.6. The van der Waals surface area contributed by atoms with Gasteiger partial charge in [0.15, 0.2) is 5.82 Å². The van der Waals surface area contributed by atoms with E-state index >= 15 is 0 Å². The average Bonchev–Trinajstić information content (AvgIpc) is 3.65. The zero-order chi connectivity index (χ0) is 25.7. The SMILES string of the molecule is C=CC(=O)N1CC2(CCN(c3nc(N4CCC[C@@H]4CO)nc(-c4c(C)ccc5[nH]ncc45)c3C#N)C2)C1. The first-order valence-electron chi connectivity index (χ1n) is 12.8. The van der Waals surface area contributed by atoms with Crippen LogP contribution in [-0.4, -0.2) is 81.5 Å². The summed E-state index contributed by atoms with van der Waals surface area (Å²) in [6, 6.07) is 6.37. The minimum Gasteiger partial charge on any atom is -0.394 e. The standard InChI is InChI=1S/C27H30N8O2/c1-3-22(37)34-15-27(16-34)8-10-33(14-27)25-19(11-28)24(23-17(2)6-7-21-20(23)12-29-32-21)30-26(31-25)35-9-4-5-18(35)13-36/h3,6-7,12,18,36H,1,4-5,8-10,13-16H2,2H3,(H,29,32)/t18-/m1/s1. The van der Waals surface area contributed by atoms with Gasteiger partial charge < -0.3 is 19.8 Å². The van der Waals surface area contributed by atoms with Gasteiger partial charge in [0.1, 0.15) is 11.6 Å². The molecule has 2 N–H and O–H groups in total. The molecule has 3 aliphatic heterocycles. The maximum atomic E-state index is 12.1. The van der Waals surface area contributed by atoms with Gasteiger partial charge in [-0.05, 0) is 43.9 Å². The summed E-state index contributed by atoms with van der Waals surface area (Å²) >= 11 is 0. The number of nitriles is 1. The predicted molar refractivity (Wildman–Crippen MR) is 140 cm³/mol. The van der Waals surface area contributed by atoms with Gasteiger partial charge in [0.2, 0.25) is 11.9 Å². The number of hydrogen-bond acceptors (Lipinski definition) is 8. The van der Waals surface area contributed by atoms with Crippen molar-refractivity contribution < 1.29 is 9.90 Å². The fraction of sp³-hybridized carbons (Fsp3) is 0.444. The quantitative estimate of drug-likeness (QED) is 0.514. The molecule has 0 radical (unpaired) electrons. The number of likely N-dealkylation sites (tertiary alicyclic amines) is 1. The van der Waals surface area contributed by atoms with E-state index in [4.69, 9.17) is 9.97 Å². The fourth-order valence-electron chi connectivity index (χ4n) is 6.23. The number of benzene rings is 1. The molecule has 3 saturated heterocycles. The number of aromatic amines is 1. The highest BCUT2D eigenvalue weighted by molar-refractivity contribution is 5.97. The lowest BCUT2D eigenvalue weighted by atomic mass is 9.79. The third kappa shape index (κ3) is 3.73. The second-order valence-electron chi connectivity index (χ2n) is 10.5. The Morgan fingerprint density at radius 2 is 2.16 bits per heavy atom. The van der Waals surface area contributed by atoms with E-state index in [-0.39, 0.29) is 24.0 Å². The maximum absolute atomic E-state index is 12.1. The molecular weight excluding hydrogens is 468 g/mol. The number of fused-ring (bicyclic) bond motifs is 1. The van der Waals surface area contributed by atoms with Crippen LogP contribution in [0, 0.1) is 23.7 Å². The topological polar surface area (TPSA) is 125 Å². The highest BCUT2D eigenvalue weighted by Gasteiger charge is 2.49. The molecular formula is C27H30N8O2. The van der Waals surface area contributed by atoms with E-state index in [1.165, 1.54) is 6.08 Å². The van der Waals surface area contributed by atoms with E-state index in [1.54, 1.807) is 6.20 Å². The lowest BCUT2D eigenvalue weighted by Gasteiger charge is -2.47. The molecule has 3 aromatic rings. The number of H-pyrrole nitrogens is 1. The highest BCUT2D eigenvalue weighted by Crippen LogP contribution is 2.44. The van der Waals surface area contributed by atoms with Gasteiger partial charge in [-0.15, -0.1) is 0 Å². The second-order valence-corrected chi connectivity index (χ2v) is 10.5. The van der Waals surface area contributed by atoms with E-state index in [9.17, 15) is 15.2 Å². The summed E-state index contributed by atoms with van der Waals surface area (Å²) in [4.78, 5) is 28.1. The normalized spacial score (nSPS) is 20.5. The summed E-state index contributed by atoms with van der Waals surface area (Å²) < 4.78 is 0. The number of amides is 1. The monoisotopic (exact) mass is 498 g/mol. The number of carbonyl (C=O) groups is 1. The molecule has 37 heavy (non-hydrogen) atoms. The van der Waals surface area contributed by atoms with Crippen LogP contribution in [0.3, 0.4) is 0 Å². The molecule has 1 amide bonds. The van der Waals surface area contributed by atoms with Crippen LogP contribution in [0.25, 0.3) is 22.2 Å². The smallest absolute Gasteiger partial charge is 0.245 e. The van der Waals surface area contributed by atoms with Gasteiger partial charge in [-0.1, -0.05) is 12.6 Å². The summed E-state index contributed by atoms with van der Waals surface area (Å²) in [5.41, 5.74) is 3.77. The van der Waals surface area contributed by atoms with Gasteiger partial charge >= 0.3 is 0 Å². The summed E-state index contributed by atoms with van der Waals surface area (Å²) in [6.45, 7) is 9.25. The number of carbonyl (C=O) groups excluding carboxylic acids is 1. The van der Waals surface area contributed by atoms with Crippen LogP contribution in [0.4, 0.5) is 11.8 Å². The van der Waals surface area contributed by atoms with Crippen LogP contribution in [-0.2, 0) is 4.79 Å². The van der Waals surface area contributed by atoms with Gasteiger partial charge in [0.05, 0.1) is 30.1 Å². The first kappa shape index (κ1) is 23.4. The van der Waals surface area contributed by atoms with Crippen molar-refractivity contribution in [2.45, 2.75) is 32.2 Å². The Bertz CT molecular complexity index is 1430. The third-order valence-corrected chi connectivity index (χ3v) is 8.18. The van der Waals surface area contributed by atoms with Crippen molar-refractivity contribution in [2.75, 3.05) is 49.1 Å². The number of aromatic nitrogens is 4. The average molecular weight is 499 g/mol. The summed E-state index contributed by atoms with van der Waals surface area (Å²) in [5.74, 6) is 1.12. The number of hydrogen-bond donors (Lipinski definition) is 2. The Balaban J connectivity index is 1.47. The first-order valence-corrected chi connectivity index (χ1v) is 12.8. The van der Waals surface area contributed by atoms with E-state index in [2.05, 4.69) is 32.6 Å². The molecule has 10 nitrogen and oxygen atoms in total. The summed E-state index contributed by atoms with van der Waals surface area (Å²) in [6.07, 6.45) is 5.89. The molecule has 6 rings (SSSR count). The Hall–Kier alpha value is -3.97. The van der Waals surface area contributed by atoms with Gasteiger partial charge in [-0.3, -0.25) is 9.89 Å². The Morgan fingerprint density at radius 3 is 2.92 bits per heavy atom. The molecule has 190 valence electrons. The van der Waals surface area contributed by atoms with E-state index < -0.39 is 0 Å². The number of rotatable bonds is 5. The number of anilines is 2. The number of aliphatic hydroxyl groups excluding tert-OH is 1. The van der Waals surface area contributed by atoms with Crippen molar-refractivity contribution in [2.24, 2.45) is 5.41 Å². The van der Waals surface area contributed by atoms with Crippen LogP contribution in [0.5, 0.6) is 0 Å². The predicted octanol–water partition coefficient (Wildman–Crippen LogP) is 2.39. The highest BCUT2D eigenvalue weighted by atomic mass is 16.3. The molecule has 3 aliphatic rings. The molecule has 1 spiro atoms. The van der Waals surface area contributed by atoms with Crippen LogP contribution >= 0.6 is 0 Å². The van der Waals surface area contributed by atoms with Crippen molar-refractivity contribution in [1.82, 2.24) is 25.1 Å². The molecule has 0 aliphatic carbocycles. The van der Waals surface area contributed by atoms with Crippen molar-refractivity contribution in [1.29, 1.82) is 5.26 Å². The van der Waals surface area contributed by atoms with E-state index in [0.717, 1.165) is 60.9 Å². The lowest BCUT2D eigenvalue weighted by Crippen LogP contribution is -2.59. The van der Waals surface area contributed by atoms with E-state index in [0.29, 0.717) is 36.1 Å².